The second-order valence-electron chi connectivity index (χ2n) is 6.91. The molecule has 1 aliphatic carbocycles. The van der Waals surface area contributed by atoms with Crippen LogP contribution in [0.25, 0.3) is 0 Å². The molecule has 2 aromatic rings. The smallest absolute Gasteiger partial charge is 0.234 e. The maximum atomic E-state index is 12.4. The van der Waals surface area contributed by atoms with Gasteiger partial charge in [0.2, 0.25) is 5.91 Å². The number of amides is 1. The molecular weight excluding hydrogens is 340 g/mol. The number of hydrogen-bond donors (Lipinski definition) is 1. The van der Waals surface area contributed by atoms with E-state index in [4.69, 9.17) is 9.47 Å². The minimum Gasteiger partial charge on any atom is -0.493 e. The first-order valence-corrected chi connectivity index (χ1v) is 9.45. The Morgan fingerprint density at radius 3 is 2.44 bits per heavy atom. The van der Waals surface area contributed by atoms with Gasteiger partial charge in [-0.1, -0.05) is 36.4 Å². The van der Waals surface area contributed by atoms with Crippen molar-refractivity contribution in [2.45, 2.75) is 31.8 Å². The number of nitrogens with zero attached hydrogens (tertiary/aromatic N) is 1. The molecule has 0 spiro atoms. The summed E-state index contributed by atoms with van der Waals surface area (Å²) in [5.74, 6) is 1.51. The van der Waals surface area contributed by atoms with Gasteiger partial charge in [0.1, 0.15) is 0 Å². The molecule has 1 aliphatic rings. The Balaban J connectivity index is 1.47. The molecule has 0 aliphatic heterocycles. The van der Waals surface area contributed by atoms with Gasteiger partial charge in [-0.2, -0.15) is 0 Å². The van der Waals surface area contributed by atoms with Gasteiger partial charge in [0.25, 0.3) is 0 Å². The van der Waals surface area contributed by atoms with Crippen molar-refractivity contribution < 1.29 is 14.3 Å². The topological polar surface area (TPSA) is 50.8 Å². The first-order chi connectivity index (χ1) is 13.2. The third kappa shape index (κ3) is 5.73. The molecular formula is C22H28N2O3. The molecule has 1 saturated carbocycles. The van der Waals surface area contributed by atoms with Gasteiger partial charge in [-0.3, -0.25) is 9.69 Å². The largest absolute Gasteiger partial charge is 0.493 e. The molecule has 0 radical (unpaired) electrons. The van der Waals surface area contributed by atoms with Crippen molar-refractivity contribution in [2.75, 3.05) is 27.3 Å². The van der Waals surface area contributed by atoms with Crippen molar-refractivity contribution >= 4 is 5.91 Å². The van der Waals surface area contributed by atoms with Gasteiger partial charge in [-0.25, -0.2) is 0 Å². The van der Waals surface area contributed by atoms with Gasteiger partial charge >= 0.3 is 0 Å². The summed E-state index contributed by atoms with van der Waals surface area (Å²) in [5.41, 5.74) is 2.36. The number of ether oxygens (including phenoxy) is 2. The monoisotopic (exact) mass is 368 g/mol. The van der Waals surface area contributed by atoms with Gasteiger partial charge in [0.15, 0.2) is 11.5 Å². The highest BCUT2D eigenvalue weighted by molar-refractivity contribution is 5.78. The Kier molecular flexibility index (Phi) is 6.71. The molecule has 1 amide bonds. The van der Waals surface area contributed by atoms with E-state index in [0.717, 1.165) is 18.5 Å². The number of nitrogens with one attached hydrogen (secondary N) is 1. The quantitative estimate of drug-likeness (QED) is 0.700. The molecule has 0 saturated heterocycles. The molecule has 0 bridgehead atoms. The van der Waals surface area contributed by atoms with Crippen LogP contribution in [0.15, 0.2) is 48.5 Å². The van der Waals surface area contributed by atoms with Crippen molar-refractivity contribution in [3.63, 3.8) is 0 Å². The second kappa shape index (κ2) is 9.42. The molecule has 27 heavy (non-hydrogen) atoms. The second-order valence-corrected chi connectivity index (χ2v) is 6.91. The summed E-state index contributed by atoms with van der Waals surface area (Å²) in [6.45, 7) is 1.89. The minimum atomic E-state index is 0.0818. The molecule has 0 unspecified atom stereocenters. The number of rotatable bonds is 10. The molecule has 1 fully saturated rings. The highest BCUT2D eigenvalue weighted by Gasteiger charge is 2.30. The summed E-state index contributed by atoms with van der Waals surface area (Å²) in [5, 5.41) is 3.04. The highest BCUT2D eigenvalue weighted by Crippen LogP contribution is 2.28. The number of carbonyl (C=O) groups excluding carboxylic acids is 1. The average Bonchev–Trinajstić information content (AvgIpc) is 3.53. The van der Waals surface area contributed by atoms with E-state index in [1.807, 2.05) is 36.4 Å². The van der Waals surface area contributed by atoms with Crippen LogP contribution in [0.2, 0.25) is 0 Å². The molecule has 5 heteroatoms. The van der Waals surface area contributed by atoms with E-state index in [1.54, 1.807) is 14.2 Å². The van der Waals surface area contributed by atoms with E-state index in [9.17, 15) is 4.79 Å². The van der Waals surface area contributed by atoms with E-state index in [-0.39, 0.29) is 5.91 Å². The zero-order valence-electron chi connectivity index (χ0n) is 16.1. The number of benzene rings is 2. The van der Waals surface area contributed by atoms with Crippen molar-refractivity contribution in [1.29, 1.82) is 0 Å². The van der Waals surface area contributed by atoms with E-state index >= 15 is 0 Å². The predicted molar refractivity (Wildman–Crippen MR) is 106 cm³/mol. The van der Waals surface area contributed by atoms with E-state index in [0.29, 0.717) is 30.6 Å². The molecule has 1 N–H and O–H groups in total. The van der Waals surface area contributed by atoms with Crippen LogP contribution in [0.5, 0.6) is 11.5 Å². The van der Waals surface area contributed by atoms with Gasteiger partial charge in [0, 0.05) is 19.1 Å². The van der Waals surface area contributed by atoms with E-state index in [1.165, 1.54) is 18.4 Å². The van der Waals surface area contributed by atoms with Crippen LogP contribution in [0.4, 0.5) is 0 Å². The summed E-state index contributed by atoms with van der Waals surface area (Å²) in [4.78, 5) is 14.7. The molecule has 3 rings (SSSR count). The van der Waals surface area contributed by atoms with Crippen LogP contribution in [-0.2, 0) is 17.8 Å². The SMILES string of the molecule is COc1ccc(CCNC(=O)CN(Cc2ccccc2)C2CC2)cc1OC. The van der Waals surface area contributed by atoms with Crippen LogP contribution >= 0.6 is 0 Å². The highest BCUT2D eigenvalue weighted by atomic mass is 16.5. The number of methoxy groups -OCH3 is 2. The van der Waals surface area contributed by atoms with Crippen molar-refractivity contribution in [1.82, 2.24) is 10.2 Å². The number of hydrogen-bond acceptors (Lipinski definition) is 4. The molecule has 0 heterocycles. The van der Waals surface area contributed by atoms with Crippen molar-refractivity contribution in [3.8, 4) is 11.5 Å². The predicted octanol–water partition coefficient (Wildman–Crippen LogP) is 3.03. The van der Waals surface area contributed by atoms with E-state index < -0.39 is 0 Å². The fourth-order valence-corrected chi connectivity index (χ4v) is 3.19. The summed E-state index contributed by atoms with van der Waals surface area (Å²) < 4.78 is 10.6. The van der Waals surface area contributed by atoms with Gasteiger partial charge in [-0.15, -0.1) is 0 Å². The maximum Gasteiger partial charge on any atom is 0.234 e. The molecule has 0 atom stereocenters. The van der Waals surface area contributed by atoms with Gasteiger partial charge in [0.05, 0.1) is 20.8 Å². The number of carbonyl (C=O) groups is 1. The zero-order chi connectivity index (χ0) is 19.1. The molecule has 5 nitrogen and oxygen atoms in total. The summed E-state index contributed by atoms with van der Waals surface area (Å²) in [7, 11) is 3.25. The lowest BCUT2D eigenvalue weighted by molar-refractivity contribution is -0.122. The Labute approximate surface area is 161 Å². The lowest BCUT2D eigenvalue weighted by Gasteiger charge is -2.21. The van der Waals surface area contributed by atoms with Crippen LogP contribution < -0.4 is 14.8 Å². The standard InChI is InChI=1S/C22H28N2O3/c1-26-20-11-8-17(14-21(20)27-2)12-13-23-22(25)16-24(19-9-10-19)15-18-6-4-3-5-7-18/h3-8,11,14,19H,9-10,12-13,15-16H2,1-2H3,(H,23,25). The van der Waals surface area contributed by atoms with Gasteiger partial charge < -0.3 is 14.8 Å². The third-order valence-corrected chi connectivity index (χ3v) is 4.82. The van der Waals surface area contributed by atoms with Crippen molar-refractivity contribution in [2.24, 2.45) is 0 Å². The van der Waals surface area contributed by atoms with Gasteiger partial charge in [-0.05, 0) is 42.5 Å². The first-order valence-electron chi connectivity index (χ1n) is 9.45. The molecule has 2 aromatic carbocycles. The first kappa shape index (κ1) is 19.2. The molecule has 0 aromatic heterocycles. The Bertz CT molecular complexity index is 744. The van der Waals surface area contributed by atoms with Crippen LogP contribution in [0.1, 0.15) is 24.0 Å². The summed E-state index contributed by atoms with van der Waals surface area (Å²) in [6.07, 6.45) is 3.13. The normalized spacial score (nSPS) is 13.4. The fourth-order valence-electron chi connectivity index (χ4n) is 3.19. The van der Waals surface area contributed by atoms with E-state index in [2.05, 4.69) is 22.3 Å². The summed E-state index contributed by atoms with van der Waals surface area (Å²) >= 11 is 0. The minimum absolute atomic E-state index is 0.0818. The fraction of sp³-hybridized carbons (Fsp3) is 0.409. The Hall–Kier alpha value is -2.53. The molecule has 144 valence electrons. The lowest BCUT2D eigenvalue weighted by Crippen LogP contribution is -2.38. The summed E-state index contributed by atoms with van der Waals surface area (Å²) in [6, 6.07) is 16.7. The third-order valence-electron chi connectivity index (χ3n) is 4.82. The van der Waals surface area contributed by atoms with Crippen LogP contribution in [0.3, 0.4) is 0 Å². The zero-order valence-corrected chi connectivity index (χ0v) is 16.1. The Morgan fingerprint density at radius 1 is 1.04 bits per heavy atom. The lowest BCUT2D eigenvalue weighted by atomic mass is 10.1. The average molecular weight is 368 g/mol. The van der Waals surface area contributed by atoms with Crippen LogP contribution in [0, 0.1) is 0 Å². The Morgan fingerprint density at radius 2 is 1.78 bits per heavy atom. The van der Waals surface area contributed by atoms with Crippen LogP contribution in [-0.4, -0.2) is 44.2 Å². The maximum absolute atomic E-state index is 12.4. The van der Waals surface area contributed by atoms with Crippen molar-refractivity contribution in [3.05, 3.63) is 59.7 Å².